The highest BCUT2D eigenvalue weighted by atomic mass is 16.4. The molecule has 6 nitrogen and oxygen atoms in total. The molecule has 1 saturated heterocycles. The fraction of sp³-hybridized carbons (Fsp3) is 0.667. The fourth-order valence-electron chi connectivity index (χ4n) is 2.46. The van der Waals surface area contributed by atoms with Gasteiger partial charge in [0.2, 0.25) is 5.95 Å². The van der Waals surface area contributed by atoms with Crippen molar-refractivity contribution in [2.24, 2.45) is 5.92 Å². The van der Waals surface area contributed by atoms with E-state index in [1.165, 1.54) is 0 Å². The van der Waals surface area contributed by atoms with Gasteiger partial charge in [-0.05, 0) is 40.5 Å². The van der Waals surface area contributed by atoms with Gasteiger partial charge in [-0.3, -0.25) is 4.79 Å². The van der Waals surface area contributed by atoms with Gasteiger partial charge >= 0.3 is 5.97 Å². The fourth-order valence-corrected chi connectivity index (χ4v) is 2.46. The summed E-state index contributed by atoms with van der Waals surface area (Å²) in [4.78, 5) is 22.1. The van der Waals surface area contributed by atoms with Gasteiger partial charge in [0.25, 0.3) is 0 Å². The van der Waals surface area contributed by atoms with Crippen molar-refractivity contribution in [3.63, 3.8) is 0 Å². The van der Waals surface area contributed by atoms with Crippen LogP contribution in [0.3, 0.4) is 0 Å². The molecule has 0 amide bonds. The third-order valence-corrected chi connectivity index (χ3v) is 3.50. The largest absolute Gasteiger partial charge is 0.481 e. The summed E-state index contributed by atoms with van der Waals surface area (Å²) in [6.07, 6.45) is 1.33. The molecule has 0 unspecified atom stereocenters. The Balaban J connectivity index is 2.12. The Kier molecular flexibility index (Phi) is 4.34. The number of hydrogen-bond donors (Lipinski definition) is 2. The van der Waals surface area contributed by atoms with E-state index in [4.69, 9.17) is 5.11 Å². The van der Waals surface area contributed by atoms with E-state index in [-0.39, 0.29) is 11.5 Å². The van der Waals surface area contributed by atoms with Gasteiger partial charge < -0.3 is 15.3 Å². The first-order chi connectivity index (χ1) is 9.74. The molecule has 21 heavy (non-hydrogen) atoms. The maximum Gasteiger partial charge on any atom is 0.306 e. The molecule has 0 aromatic carbocycles. The average molecular weight is 292 g/mol. The molecule has 1 aliphatic heterocycles. The van der Waals surface area contributed by atoms with Crippen LogP contribution in [0.2, 0.25) is 0 Å². The summed E-state index contributed by atoms with van der Waals surface area (Å²) in [6.45, 7) is 9.60. The van der Waals surface area contributed by atoms with E-state index < -0.39 is 5.97 Å². The topological polar surface area (TPSA) is 78.4 Å². The van der Waals surface area contributed by atoms with Gasteiger partial charge in [-0.1, -0.05) is 0 Å². The monoisotopic (exact) mass is 292 g/mol. The van der Waals surface area contributed by atoms with Crippen molar-refractivity contribution in [3.8, 4) is 0 Å². The minimum Gasteiger partial charge on any atom is -0.481 e. The Morgan fingerprint density at radius 2 is 1.95 bits per heavy atom. The van der Waals surface area contributed by atoms with Gasteiger partial charge in [0.05, 0.1) is 5.92 Å². The number of rotatable bonds is 3. The average Bonchev–Trinajstić information content (AvgIpc) is 2.36. The SMILES string of the molecule is Cc1cc(N2CCC(C(=O)O)CC2)nc(NC(C)(C)C)n1. The van der Waals surface area contributed by atoms with Crippen molar-refractivity contribution >= 4 is 17.7 Å². The van der Waals surface area contributed by atoms with E-state index in [9.17, 15) is 4.79 Å². The summed E-state index contributed by atoms with van der Waals surface area (Å²) in [6, 6.07) is 1.95. The number of carbonyl (C=O) groups is 1. The highest BCUT2D eigenvalue weighted by Crippen LogP contribution is 2.24. The Morgan fingerprint density at radius 1 is 1.33 bits per heavy atom. The Morgan fingerprint density at radius 3 is 2.48 bits per heavy atom. The summed E-state index contributed by atoms with van der Waals surface area (Å²) in [7, 11) is 0. The smallest absolute Gasteiger partial charge is 0.306 e. The van der Waals surface area contributed by atoms with Crippen molar-refractivity contribution in [2.45, 2.75) is 46.1 Å². The molecule has 0 bridgehead atoms. The molecule has 0 saturated carbocycles. The van der Waals surface area contributed by atoms with Crippen LogP contribution >= 0.6 is 0 Å². The van der Waals surface area contributed by atoms with Crippen molar-refractivity contribution in [1.82, 2.24) is 9.97 Å². The first-order valence-electron chi connectivity index (χ1n) is 7.36. The molecule has 0 aliphatic carbocycles. The Hall–Kier alpha value is -1.85. The molecule has 2 heterocycles. The molecular weight excluding hydrogens is 268 g/mol. The maximum atomic E-state index is 11.0. The second kappa shape index (κ2) is 5.87. The minimum absolute atomic E-state index is 0.0959. The lowest BCUT2D eigenvalue weighted by atomic mass is 9.97. The lowest BCUT2D eigenvalue weighted by Crippen LogP contribution is -2.37. The van der Waals surface area contributed by atoms with E-state index in [2.05, 4.69) is 41.0 Å². The number of aromatic nitrogens is 2. The zero-order valence-corrected chi connectivity index (χ0v) is 13.2. The van der Waals surface area contributed by atoms with Gasteiger partial charge in [-0.25, -0.2) is 4.98 Å². The molecule has 0 spiro atoms. The van der Waals surface area contributed by atoms with Crippen molar-refractivity contribution in [3.05, 3.63) is 11.8 Å². The number of aliphatic carboxylic acids is 1. The third kappa shape index (κ3) is 4.31. The second-order valence-corrected chi connectivity index (χ2v) is 6.67. The number of hydrogen-bond acceptors (Lipinski definition) is 5. The van der Waals surface area contributed by atoms with E-state index in [0.717, 1.165) is 24.6 Å². The van der Waals surface area contributed by atoms with Crippen LogP contribution in [0.25, 0.3) is 0 Å². The van der Waals surface area contributed by atoms with Crippen molar-refractivity contribution < 1.29 is 9.90 Å². The highest BCUT2D eigenvalue weighted by molar-refractivity contribution is 5.70. The van der Waals surface area contributed by atoms with E-state index in [1.54, 1.807) is 0 Å². The van der Waals surface area contributed by atoms with Gasteiger partial charge in [-0.15, -0.1) is 0 Å². The van der Waals surface area contributed by atoms with Gasteiger partial charge in [0, 0.05) is 30.4 Å². The predicted octanol–water partition coefficient (Wildman–Crippen LogP) is 2.30. The summed E-state index contributed by atoms with van der Waals surface area (Å²) >= 11 is 0. The van der Waals surface area contributed by atoms with E-state index in [1.807, 2.05) is 13.0 Å². The zero-order valence-electron chi connectivity index (χ0n) is 13.2. The van der Waals surface area contributed by atoms with E-state index >= 15 is 0 Å². The predicted molar refractivity (Wildman–Crippen MR) is 82.7 cm³/mol. The molecule has 2 rings (SSSR count). The van der Waals surface area contributed by atoms with E-state index in [0.29, 0.717) is 18.8 Å². The number of nitrogens with one attached hydrogen (secondary N) is 1. The molecule has 2 N–H and O–H groups in total. The van der Waals surface area contributed by atoms with Gasteiger partial charge in [-0.2, -0.15) is 4.98 Å². The number of carboxylic acids is 1. The second-order valence-electron chi connectivity index (χ2n) is 6.67. The summed E-state index contributed by atoms with van der Waals surface area (Å²) in [5, 5.41) is 12.3. The molecule has 116 valence electrons. The summed E-state index contributed by atoms with van der Waals surface area (Å²) in [5.74, 6) is 0.580. The van der Waals surface area contributed by atoms with Crippen LogP contribution in [0.15, 0.2) is 6.07 Å². The van der Waals surface area contributed by atoms with Crippen molar-refractivity contribution in [1.29, 1.82) is 0 Å². The number of carboxylic acid groups (broad SMARTS) is 1. The molecule has 0 atom stereocenters. The van der Waals surface area contributed by atoms with Crippen LogP contribution in [0.4, 0.5) is 11.8 Å². The van der Waals surface area contributed by atoms with Crippen LogP contribution in [0.1, 0.15) is 39.3 Å². The number of piperidine rings is 1. The normalized spacial score (nSPS) is 16.9. The minimum atomic E-state index is -0.691. The van der Waals surface area contributed by atoms with Crippen LogP contribution in [0, 0.1) is 12.8 Å². The third-order valence-electron chi connectivity index (χ3n) is 3.50. The zero-order chi connectivity index (χ0) is 15.6. The number of aryl methyl sites for hydroxylation is 1. The first kappa shape index (κ1) is 15.5. The highest BCUT2D eigenvalue weighted by Gasteiger charge is 2.25. The molecule has 1 aromatic heterocycles. The van der Waals surface area contributed by atoms with Crippen LogP contribution in [-0.4, -0.2) is 39.7 Å². The quantitative estimate of drug-likeness (QED) is 0.890. The molecule has 0 radical (unpaired) electrons. The maximum absolute atomic E-state index is 11.0. The van der Waals surface area contributed by atoms with Crippen LogP contribution < -0.4 is 10.2 Å². The van der Waals surface area contributed by atoms with Gasteiger partial charge in [0.15, 0.2) is 0 Å². The number of nitrogens with zero attached hydrogens (tertiary/aromatic N) is 3. The summed E-state index contributed by atoms with van der Waals surface area (Å²) in [5.41, 5.74) is 0.813. The molecule has 1 aliphatic rings. The van der Waals surface area contributed by atoms with Crippen molar-refractivity contribution in [2.75, 3.05) is 23.3 Å². The molecule has 1 aromatic rings. The standard InChI is InChI=1S/C15H24N4O2/c1-10-9-12(17-14(16-10)18-15(2,3)4)19-7-5-11(6-8-19)13(20)21/h9,11H,5-8H2,1-4H3,(H,20,21)(H,16,17,18). The first-order valence-corrected chi connectivity index (χ1v) is 7.36. The van der Waals surface area contributed by atoms with Gasteiger partial charge in [0.1, 0.15) is 5.82 Å². The Bertz CT molecular complexity index is 517. The lowest BCUT2D eigenvalue weighted by molar-refractivity contribution is -0.142. The lowest BCUT2D eigenvalue weighted by Gasteiger charge is -2.31. The van der Waals surface area contributed by atoms with Crippen LogP contribution in [0.5, 0.6) is 0 Å². The number of anilines is 2. The molecular formula is C15H24N4O2. The Labute approximate surface area is 125 Å². The summed E-state index contributed by atoms with van der Waals surface area (Å²) < 4.78 is 0. The van der Waals surface area contributed by atoms with Crippen LogP contribution in [-0.2, 0) is 4.79 Å². The molecule has 1 fully saturated rings. The molecule has 6 heteroatoms.